The Morgan fingerprint density at radius 1 is 1.10 bits per heavy atom. The molecule has 1 heterocycles. The van der Waals surface area contributed by atoms with Gasteiger partial charge in [-0.2, -0.15) is 0 Å². The Morgan fingerprint density at radius 3 is 2.60 bits per heavy atom. The van der Waals surface area contributed by atoms with E-state index in [4.69, 9.17) is 23.8 Å². The molecule has 2 aromatic carbocycles. The van der Waals surface area contributed by atoms with Gasteiger partial charge in [-0.3, -0.25) is 4.57 Å². The van der Waals surface area contributed by atoms with Crippen molar-refractivity contribution in [2.24, 2.45) is 0 Å². The van der Waals surface area contributed by atoms with Crippen LogP contribution in [-0.4, -0.2) is 9.55 Å². The fourth-order valence-electron chi connectivity index (χ4n) is 2.09. The van der Waals surface area contributed by atoms with Crippen molar-refractivity contribution in [3.05, 3.63) is 70.3 Å². The molecule has 20 heavy (non-hydrogen) atoms. The summed E-state index contributed by atoms with van der Waals surface area (Å²) < 4.78 is 15.7. The van der Waals surface area contributed by atoms with E-state index in [0.29, 0.717) is 15.5 Å². The number of benzene rings is 2. The van der Waals surface area contributed by atoms with E-state index in [1.807, 2.05) is 30.3 Å². The van der Waals surface area contributed by atoms with E-state index in [-0.39, 0.29) is 5.82 Å². The summed E-state index contributed by atoms with van der Waals surface area (Å²) in [7, 11) is 0. The average Bonchev–Trinajstić information content (AvgIpc) is 2.84. The van der Waals surface area contributed by atoms with Gasteiger partial charge in [0, 0.05) is 11.8 Å². The monoisotopic (exact) mass is 304 g/mol. The summed E-state index contributed by atoms with van der Waals surface area (Å²) in [6.45, 7) is 0. The van der Waals surface area contributed by atoms with Crippen LogP contribution in [0, 0.1) is 10.6 Å². The molecule has 3 aromatic rings. The van der Waals surface area contributed by atoms with Crippen molar-refractivity contribution in [3.63, 3.8) is 0 Å². The molecule has 0 spiro atoms. The molecule has 5 heteroatoms. The molecule has 0 aliphatic carbocycles. The Kier molecular flexibility index (Phi) is 3.42. The fraction of sp³-hybridized carbons (Fsp3) is 0. The Hall–Kier alpha value is -1.91. The quantitative estimate of drug-likeness (QED) is 0.661. The molecule has 0 amide bonds. The van der Waals surface area contributed by atoms with Gasteiger partial charge in [0.2, 0.25) is 0 Å². The first kappa shape index (κ1) is 13.1. The highest BCUT2D eigenvalue weighted by atomic mass is 35.5. The molecule has 0 atom stereocenters. The number of rotatable bonds is 2. The van der Waals surface area contributed by atoms with Gasteiger partial charge in [-0.05, 0) is 30.4 Å². The van der Waals surface area contributed by atoms with Gasteiger partial charge in [0.1, 0.15) is 5.82 Å². The summed E-state index contributed by atoms with van der Waals surface area (Å²) in [5.41, 5.74) is 2.33. The number of halogens is 2. The van der Waals surface area contributed by atoms with E-state index < -0.39 is 0 Å². The first-order valence-corrected chi connectivity index (χ1v) is 6.77. The van der Waals surface area contributed by atoms with Crippen molar-refractivity contribution in [1.29, 1.82) is 0 Å². The summed E-state index contributed by atoms with van der Waals surface area (Å²) in [5, 5.41) is 0.444. The molecule has 0 aliphatic rings. The van der Waals surface area contributed by atoms with Crippen LogP contribution in [-0.2, 0) is 0 Å². The van der Waals surface area contributed by atoms with E-state index in [1.165, 1.54) is 18.2 Å². The number of H-pyrrole nitrogens is 1. The molecule has 100 valence electrons. The van der Waals surface area contributed by atoms with E-state index in [2.05, 4.69) is 4.98 Å². The van der Waals surface area contributed by atoms with Crippen LogP contribution < -0.4 is 0 Å². The predicted molar refractivity (Wildman–Crippen MR) is 81.4 cm³/mol. The maximum absolute atomic E-state index is 13.5. The first-order valence-electron chi connectivity index (χ1n) is 5.98. The van der Waals surface area contributed by atoms with Crippen molar-refractivity contribution in [3.8, 4) is 16.9 Å². The smallest absolute Gasteiger partial charge is 0.182 e. The third kappa shape index (κ3) is 2.28. The topological polar surface area (TPSA) is 20.7 Å². The Balaban J connectivity index is 2.27. The molecule has 0 saturated carbocycles. The number of hydrogen-bond donors (Lipinski definition) is 1. The minimum atomic E-state index is -0.355. The second kappa shape index (κ2) is 5.23. The maximum atomic E-state index is 13.5. The second-order valence-corrected chi connectivity index (χ2v) is 5.07. The molecule has 1 N–H and O–H groups in total. The summed E-state index contributed by atoms with van der Waals surface area (Å²) >= 11 is 11.5. The standard InChI is InChI=1S/C15H10ClFN2S/c16-12-7-6-11(17)8-13(12)19-14(9-18-15(19)20)10-4-2-1-3-5-10/h1-9H,(H,18,20). The van der Waals surface area contributed by atoms with Crippen LogP contribution >= 0.6 is 23.8 Å². The Morgan fingerprint density at radius 2 is 1.85 bits per heavy atom. The highest BCUT2D eigenvalue weighted by molar-refractivity contribution is 7.71. The average molecular weight is 305 g/mol. The number of aromatic nitrogens is 2. The lowest BCUT2D eigenvalue weighted by Gasteiger charge is -2.10. The van der Waals surface area contributed by atoms with E-state index in [1.54, 1.807) is 10.8 Å². The van der Waals surface area contributed by atoms with Crippen LogP contribution in [0.25, 0.3) is 16.9 Å². The molecule has 0 unspecified atom stereocenters. The zero-order valence-corrected chi connectivity index (χ0v) is 11.9. The van der Waals surface area contributed by atoms with Crippen LogP contribution in [0.15, 0.2) is 54.7 Å². The molecule has 0 bridgehead atoms. The van der Waals surface area contributed by atoms with E-state index in [0.717, 1.165) is 11.3 Å². The Bertz CT molecular complexity index is 808. The zero-order valence-electron chi connectivity index (χ0n) is 10.3. The number of imidazole rings is 1. The maximum Gasteiger partial charge on any atom is 0.182 e. The summed E-state index contributed by atoms with van der Waals surface area (Å²) in [4.78, 5) is 2.98. The highest BCUT2D eigenvalue weighted by Gasteiger charge is 2.12. The van der Waals surface area contributed by atoms with Gasteiger partial charge in [0.05, 0.1) is 16.4 Å². The molecule has 3 rings (SSSR count). The van der Waals surface area contributed by atoms with Gasteiger partial charge in [-0.25, -0.2) is 4.39 Å². The lowest BCUT2D eigenvalue weighted by atomic mass is 10.1. The van der Waals surface area contributed by atoms with E-state index >= 15 is 0 Å². The van der Waals surface area contributed by atoms with Crippen LogP contribution in [0.2, 0.25) is 5.02 Å². The number of hydrogen-bond acceptors (Lipinski definition) is 1. The van der Waals surface area contributed by atoms with Crippen molar-refractivity contribution in [1.82, 2.24) is 9.55 Å². The molecular formula is C15H10ClFN2S. The minimum absolute atomic E-state index is 0.355. The normalized spacial score (nSPS) is 10.7. The summed E-state index contributed by atoms with van der Waals surface area (Å²) in [5.74, 6) is -0.355. The van der Waals surface area contributed by atoms with Gasteiger partial charge < -0.3 is 4.98 Å². The molecule has 2 nitrogen and oxygen atoms in total. The SMILES string of the molecule is Fc1ccc(Cl)c(-n2c(-c3ccccc3)c[nH]c2=S)c1. The molecule has 0 saturated heterocycles. The molecule has 1 aromatic heterocycles. The third-order valence-corrected chi connectivity index (χ3v) is 3.62. The highest BCUT2D eigenvalue weighted by Crippen LogP contribution is 2.28. The van der Waals surface area contributed by atoms with Crippen LogP contribution in [0.3, 0.4) is 0 Å². The molecule has 0 fully saturated rings. The van der Waals surface area contributed by atoms with Crippen molar-refractivity contribution < 1.29 is 4.39 Å². The van der Waals surface area contributed by atoms with Crippen LogP contribution in [0.4, 0.5) is 4.39 Å². The van der Waals surface area contributed by atoms with Crippen molar-refractivity contribution in [2.45, 2.75) is 0 Å². The zero-order chi connectivity index (χ0) is 14.1. The number of nitrogens with zero attached hydrogens (tertiary/aromatic N) is 1. The minimum Gasteiger partial charge on any atom is -0.336 e. The van der Waals surface area contributed by atoms with Gasteiger partial charge in [0.25, 0.3) is 0 Å². The number of aromatic amines is 1. The van der Waals surface area contributed by atoms with Crippen LogP contribution in [0.1, 0.15) is 0 Å². The van der Waals surface area contributed by atoms with Crippen LogP contribution in [0.5, 0.6) is 0 Å². The predicted octanol–water partition coefficient (Wildman–Crippen LogP) is 4.99. The molecular weight excluding hydrogens is 295 g/mol. The lowest BCUT2D eigenvalue weighted by molar-refractivity contribution is 0.626. The summed E-state index contributed by atoms with van der Waals surface area (Å²) in [6, 6.07) is 13.9. The molecule has 0 aliphatic heterocycles. The Labute approximate surface area is 125 Å². The lowest BCUT2D eigenvalue weighted by Crippen LogP contribution is -1.98. The largest absolute Gasteiger partial charge is 0.336 e. The number of nitrogens with one attached hydrogen (secondary N) is 1. The van der Waals surface area contributed by atoms with Crippen molar-refractivity contribution >= 4 is 23.8 Å². The summed E-state index contributed by atoms with van der Waals surface area (Å²) in [6.07, 6.45) is 1.79. The molecule has 0 radical (unpaired) electrons. The van der Waals surface area contributed by atoms with Gasteiger partial charge in [0.15, 0.2) is 4.77 Å². The van der Waals surface area contributed by atoms with Gasteiger partial charge in [-0.1, -0.05) is 41.9 Å². The van der Waals surface area contributed by atoms with E-state index in [9.17, 15) is 4.39 Å². The third-order valence-electron chi connectivity index (χ3n) is 2.99. The fourth-order valence-corrected chi connectivity index (χ4v) is 2.54. The van der Waals surface area contributed by atoms with Gasteiger partial charge in [-0.15, -0.1) is 0 Å². The van der Waals surface area contributed by atoms with Gasteiger partial charge >= 0.3 is 0 Å². The second-order valence-electron chi connectivity index (χ2n) is 4.28. The van der Waals surface area contributed by atoms with Crippen molar-refractivity contribution in [2.75, 3.05) is 0 Å². The first-order chi connectivity index (χ1) is 9.66.